The Morgan fingerprint density at radius 1 is 0.800 bits per heavy atom. The molecule has 0 aliphatic rings. The van der Waals surface area contributed by atoms with Crippen LogP contribution in [0, 0.1) is 0 Å². The molecule has 0 unspecified atom stereocenters. The third-order valence-corrected chi connectivity index (χ3v) is 7.40. The number of hydrogen-bond acceptors (Lipinski definition) is 3. The summed E-state index contributed by atoms with van der Waals surface area (Å²) in [4.78, 5) is 28.2. The van der Waals surface area contributed by atoms with Gasteiger partial charge in [0.05, 0.1) is 5.56 Å². The van der Waals surface area contributed by atoms with E-state index in [1.165, 1.54) is 24.3 Å². The summed E-state index contributed by atoms with van der Waals surface area (Å²) in [5, 5.41) is 4.86. The first-order valence-electron chi connectivity index (χ1n) is 14.5. The summed E-state index contributed by atoms with van der Waals surface area (Å²) < 4.78 is 39.8. The SMILES string of the molecule is NCCNC(=O)c1ccccc1-c1cccc(CN(Cc2cccc3ccccc23)C(=O)/C=C/c2cccc(C(F)(F)F)c2)c1. The summed E-state index contributed by atoms with van der Waals surface area (Å²) in [6.07, 6.45) is -1.77. The highest BCUT2D eigenvalue weighted by molar-refractivity contribution is 6.01. The molecule has 0 aliphatic heterocycles. The van der Waals surface area contributed by atoms with Gasteiger partial charge in [-0.3, -0.25) is 9.59 Å². The second-order valence-corrected chi connectivity index (χ2v) is 10.6. The van der Waals surface area contributed by atoms with Crippen molar-refractivity contribution in [2.45, 2.75) is 19.3 Å². The van der Waals surface area contributed by atoms with Gasteiger partial charge in [0.15, 0.2) is 0 Å². The van der Waals surface area contributed by atoms with Crippen molar-refractivity contribution in [3.8, 4) is 11.1 Å². The van der Waals surface area contributed by atoms with Crippen LogP contribution in [0.4, 0.5) is 13.2 Å². The molecular formula is C37H32F3N3O2. The molecule has 0 aromatic heterocycles. The van der Waals surface area contributed by atoms with E-state index in [9.17, 15) is 22.8 Å². The topological polar surface area (TPSA) is 75.4 Å². The predicted octanol–water partition coefficient (Wildman–Crippen LogP) is 7.46. The Kier molecular flexibility index (Phi) is 9.75. The van der Waals surface area contributed by atoms with Crippen LogP contribution in [0.1, 0.15) is 32.6 Å². The summed E-state index contributed by atoms with van der Waals surface area (Å²) in [6.45, 7) is 1.18. The zero-order chi connectivity index (χ0) is 31.8. The highest BCUT2D eigenvalue weighted by Crippen LogP contribution is 2.30. The number of amides is 2. The normalized spacial score (nSPS) is 11.6. The molecule has 8 heteroatoms. The molecular weight excluding hydrogens is 575 g/mol. The van der Waals surface area contributed by atoms with Crippen LogP contribution < -0.4 is 11.1 Å². The molecule has 0 saturated carbocycles. The van der Waals surface area contributed by atoms with E-state index in [2.05, 4.69) is 5.32 Å². The Morgan fingerprint density at radius 3 is 2.36 bits per heavy atom. The minimum Gasteiger partial charge on any atom is -0.351 e. The van der Waals surface area contributed by atoms with E-state index < -0.39 is 11.7 Å². The molecule has 5 rings (SSSR count). The van der Waals surface area contributed by atoms with Crippen molar-refractivity contribution in [3.63, 3.8) is 0 Å². The van der Waals surface area contributed by atoms with Crippen molar-refractivity contribution in [2.24, 2.45) is 5.73 Å². The van der Waals surface area contributed by atoms with Gasteiger partial charge in [0, 0.05) is 37.8 Å². The van der Waals surface area contributed by atoms with Gasteiger partial charge in [0.1, 0.15) is 0 Å². The van der Waals surface area contributed by atoms with Crippen LogP contribution in [-0.2, 0) is 24.1 Å². The van der Waals surface area contributed by atoms with E-state index in [4.69, 9.17) is 5.73 Å². The smallest absolute Gasteiger partial charge is 0.351 e. The number of fused-ring (bicyclic) bond motifs is 1. The van der Waals surface area contributed by atoms with Crippen molar-refractivity contribution in [2.75, 3.05) is 13.1 Å². The van der Waals surface area contributed by atoms with E-state index in [-0.39, 0.29) is 30.5 Å². The highest BCUT2D eigenvalue weighted by atomic mass is 19.4. The molecule has 5 nitrogen and oxygen atoms in total. The molecule has 2 amide bonds. The number of halogens is 3. The monoisotopic (exact) mass is 607 g/mol. The molecule has 0 spiro atoms. The summed E-state index contributed by atoms with van der Waals surface area (Å²) >= 11 is 0. The van der Waals surface area contributed by atoms with Crippen LogP contribution >= 0.6 is 0 Å². The van der Waals surface area contributed by atoms with Crippen LogP contribution in [-0.4, -0.2) is 29.8 Å². The Bertz CT molecular complexity index is 1840. The fourth-order valence-corrected chi connectivity index (χ4v) is 5.21. The van der Waals surface area contributed by atoms with Gasteiger partial charge in [-0.1, -0.05) is 91.0 Å². The molecule has 228 valence electrons. The van der Waals surface area contributed by atoms with Crippen molar-refractivity contribution in [1.82, 2.24) is 10.2 Å². The lowest BCUT2D eigenvalue weighted by Gasteiger charge is -2.23. The van der Waals surface area contributed by atoms with Crippen LogP contribution in [0.2, 0.25) is 0 Å². The summed E-state index contributed by atoms with van der Waals surface area (Å²) in [7, 11) is 0. The van der Waals surface area contributed by atoms with Gasteiger partial charge in [-0.25, -0.2) is 0 Å². The number of nitrogens with two attached hydrogens (primary N) is 1. The van der Waals surface area contributed by atoms with E-state index in [0.29, 0.717) is 18.7 Å². The van der Waals surface area contributed by atoms with Crippen molar-refractivity contribution >= 4 is 28.7 Å². The van der Waals surface area contributed by atoms with Gasteiger partial charge < -0.3 is 16.0 Å². The van der Waals surface area contributed by atoms with Crippen molar-refractivity contribution < 1.29 is 22.8 Å². The summed E-state index contributed by atoms with van der Waals surface area (Å²) in [5.74, 6) is -0.582. The lowest BCUT2D eigenvalue weighted by atomic mass is 9.97. The fraction of sp³-hybridized carbons (Fsp3) is 0.135. The Hall–Kier alpha value is -5.21. The number of carbonyl (C=O) groups excluding carboxylic acids is 2. The molecule has 0 bridgehead atoms. The third-order valence-electron chi connectivity index (χ3n) is 7.40. The number of nitrogens with zero attached hydrogens (tertiary/aromatic N) is 1. The maximum absolute atomic E-state index is 13.7. The minimum absolute atomic E-state index is 0.227. The molecule has 0 fully saturated rings. The van der Waals surface area contributed by atoms with Crippen LogP contribution in [0.15, 0.2) is 121 Å². The largest absolute Gasteiger partial charge is 0.416 e. The summed E-state index contributed by atoms with van der Waals surface area (Å²) in [5.41, 5.74) is 8.88. The molecule has 0 radical (unpaired) electrons. The first-order valence-corrected chi connectivity index (χ1v) is 14.5. The first kappa shape index (κ1) is 31.2. The highest BCUT2D eigenvalue weighted by Gasteiger charge is 2.30. The number of nitrogens with one attached hydrogen (secondary N) is 1. The molecule has 3 N–H and O–H groups in total. The quantitative estimate of drug-likeness (QED) is 0.162. The Balaban J connectivity index is 1.47. The molecule has 0 heterocycles. The maximum Gasteiger partial charge on any atom is 0.416 e. The number of hydrogen-bond donors (Lipinski definition) is 2. The lowest BCUT2D eigenvalue weighted by Crippen LogP contribution is -2.29. The number of rotatable bonds is 10. The molecule has 5 aromatic carbocycles. The molecule has 5 aromatic rings. The Labute approximate surface area is 259 Å². The Morgan fingerprint density at radius 2 is 1.53 bits per heavy atom. The van der Waals surface area contributed by atoms with Gasteiger partial charge in [-0.05, 0) is 68.9 Å². The second kappa shape index (κ2) is 14.1. The average Bonchev–Trinajstić information content (AvgIpc) is 3.06. The maximum atomic E-state index is 13.7. The van der Waals surface area contributed by atoms with E-state index in [1.807, 2.05) is 78.9 Å². The molecule has 0 saturated heterocycles. The van der Waals surface area contributed by atoms with E-state index in [0.717, 1.165) is 45.2 Å². The second-order valence-electron chi connectivity index (χ2n) is 10.6. The standard InChI is InChI=1S/C37H32F3N3O2/c38-37(39,40)31-14-6-8-26(23-31)18-19-35(44)43(25-30-13-7-11-28-10-1-2-15-32(28)30)24-27-9-5-12-29(22-27)33-16-3-4-17-34(33)36(45)42-21-20-41/h1-19,22-23H,20-21,24-25,41H2,(H,42,45)/b19-18+. The van der Waals surface area contributed by atoms with Gasteiger partial charge in [-0.15, -0.1) is 0 Å². The van der Waals surface area contributed by atoms with E-state index in [1.54, 1.807) is 17.0 Å². The van der Waals surface area contributed by atoms with Gasteiger partial charge >= 0.3 is 6.18 Å². The number of carbonyl (C=O) groups is 2. The molecule has 0 aliphatic carbocycles. The van der Waals surface area contributed by atoms with Crippen LogP contribution in [0.5, 0.6) is 0 Å². The van der Waals surface area contributed by atoms with Crippen molar-refractivity contribution in [1.29, 1.82) is 0 Å². The third kappa shape index (κ3) is 7.85. The fourth-order valence-electron chi connectivity index (χ4n) is 5.21. The average molecular weight is 608 g/mol. The van der Waals surface area contributed by atoms with E-state index >= 15 is 0 Å². The minimum atomic E-state index is -4.48. The van der Waals surface area contributed by atoms with Gasteiger partial charge in [0.2, 0.25) is 5.91 Å². The zero-order valence-electron chi connectivity index (χ0n) is 24.4. The zero-order valence-corrected chi connectivity index (χ0v) is 24.4. The molecule has 45 heavy (non-hydrogen) atoms. The predicted molar refractivity (Wildman–Crippen MR) is 172 cm³/mol. The summed E-state index contributed by atoms with van der Waals surface area (Å²) in [6, 6.07) is 33.6. The van der Waals surface area contributed by atoms with Crippen LogP contribution in [0.3, 0.4) is 0 Å². The molecule has 0 atom stereocenters. The van der Waals surface area contributed by atoms with Crippen molar-refractivity contribution in [3.05, 3.63) is 149 Å². The van der Waals surface area contributed by atoms with Gasteiger partial charge in [-0.2, -0.15) is 13.2 Å². The number of benzene rings is 5. The number of alkyl halides is 3. The van der Waals surface area contributed by atoms with Crippen LogP contribution in [0.25, 0.3) is 28.0 Å². The first-order chi connectivity index (χ1) is 21.7. The van der Waals surface area contributed by atoms with Gasteiger partial charge in [0.25, 0.3) is 5.91 Å². The lowest BCUT2D eigenvalue weighted by molar-refractivity contribution is -0.137.